The van der Waals surface area contributed by atoms with Crippen molar-refractivity contribution < 1.29 is 29.0 Å². The quantitative estimate of drug-likeness (QED) is 0.694. The van der Waals surface area contributed by atoms with E-state index < -0.39 is 29.7 Å². The highest BCUT2D eigenvalue weighted by atomic mass is 16.6. The number of nitrogens with zero attached hydrogens (tertiary/aromatic N) is 2. The lowest BCUT2D eigenvalue weighted by Gasteiger charge is -2.36. The molecule has 0 bridgehead atoms. The van der Waals surface area contributed by atoms with E-state index in [1.165, 1.54) is 4.90 Å². The van der Waals surface area contributed by atoms with Gasteiger partial charge < -0.3 is 25.0 Å². The van der Waals surface area contributed by atoms with E-state index in [1.54, 1.807) is 25.7 Å². The van der Waals surface area contributed by atoms with E-state index in [2.05, 4.69) is 5.32 Å². The molecule has 3 amide bonds. The van der Waals surface area contributed by atoms with Crippen molar-refractivity contribution in [3.63, 3.8) is 0 Å². The summed E-state index contributed by atoms with van der Waals surface area (Å²) in [6.45, 7) is 10.3. The van der Waals surface area contributed by atoms with Crippen molar-refractivity contribution in [2.45, 2.75) is 78.0 Å². The van der Waals surface area contributed by atoms with Gasteiger partial charge in [-0.2, -0.15) is 0 Å². The number of carbonyl (C=O) groups excluding carboxylic acids is 3. The van der Waals surface area contributed by atoms with Crippen LogP contribution in [-0.2, 0) is 19.1 Å². The molecule has 2 aliphatic heterocycles. The molecule has 2 heterocycles. The first-order valence-electron chi connectivity index (χ1n) is 10.7. The van der Waals surface area contributed by atoms with Gasteiger partial charge in [-0.25, -0.2) is 9.59 Å². The SMILES string of the molecule is CC(C)C(NC(=O)OC(C)(C)C)C(=O)N1CCC(C(=O)N2CCCC2C(=O)O)CC1. The zero-order chi connectivity index (χ0) is 22.6. The summed E-state index contributed by atoms with van der Waals surface area (Å²) in [5.74, 6) is -1.66. The maximum absolute atomic E-state index is 13.0. The van der Waals surface area contributed by atoms with Crippen LogP contribution in [0, 0.1) is 11.8 Å². The van der Waals surface area contributed by atoms with Crippen molar-refractivity contribution in [2.24, 2.45) is 11.8 Å². The molecule has 9 nitrogen and oxygen atoms in total. The molecule has 2 saturated heterocycles. The number of aliphatic carboxylic acids is 1. The Morgan fingerprint density at radius 1 is 1.03 bits per heavy atom. The van der Waals surface area contributed by atoms with E-state index in [9.17, 15) is 24.3 Å². The van der Waals surface area contributed by atoms with Gasteiger partial charge in [0.15, 0.2) is 0 Å². The first-order chi connectivity index (χ1) is 13.9. The lowest BCUT2D eigenvalue weighted by atomic mass is 9.93. The molecule has 0 radical (unpaired) electrons. The molecule has 2 fully saturated rings. The monoisotopic (exact) mass is 425 g/mol. The van der Waals surface area contributed by atoms with Gasteiger partial charge in [0.1, 0.15) is 17.7 Å². The minimum atomic E-state index is -0.957. The molecule has 2 rings (SSSR count). The summed E-state index contributed by atoms with van der Waals surface area (Å²) in [5.41, 5.74) is -0.656. The Hall–Kier alpha value is -2.32. The third-order valence-corrected chi connectivity index (χ3v) is 5.58. The Morgan fingerprint density at radius 3 is 2.13 bits per heavy atom. The lowest BCUT2D eigenvalue weighted by molar-refractivity contribution is -0.151. The molecule has 9 heteroatoms. The molecule has 2 N–H and O–H groups in total. The van der Waals surface area contributed by atoms with E-state index in [4.69, 9.17) is 4.74 Å². The predicted molar refractivity (Wildman–Crippen MR) is 110 cm³/mol. The van der Waals surface area contributed by atoms with Crippen molar-refractivity contribution in [3.05, 3.63) is 0 Å². The van der Waals surface area contributed by atoms with Crippen molar-refractivity contribution >= 4 is 23.9 Å². The highest BCUT2D eigenvalue weighted by molar-refractivity contribution is 5.87. The lowest BCUT2D eigenvalue weighted by Crippen LogP contribution is -2.54. The summed E-state index contributed by atoms with van der Waals surface area (Å²) >= 11 is 0. The number of likely N-dealkylation sites (tertiary alicyclic amines) is 2. The second-order valence-electron chi connectivity index (χ2n) is 9.50. The zero-order valence-electron chi connectivity index (χ0n) is 18.6. The Kier molecular flexibility index (Phi) is 7.71. The number of carboxylic acid groups (broad SMARTS) is 1. The molecule has 30 heavy (non-hydrogen) atoms. The molecule has 2 aliphatic rings. The van der Waals surface area contributed by atoms with Crippen molar-refractivity contribution in [1.82, 2.24) is 15.1 Å². The molecule has 0 aliphatic carbocycles. The van der Waals surface area contributed by atoms with E-state index in [0.29, 0.717) is 45.3 Å². The molecule has 0 aromatic carbocycles. The van der Waals surface area contributed by atoms with Crippen molar-refractivity contribution in [3.8, 4) is 0 Å². The number of amides is 3. The number of ether oxygens (including phenoxy) is 1. The van der Waals surface area contributed by atoms with Crippen molar-refractivity contribution in [2.75, 3.05) is 19.6 Å². The maximum atomic E-state index is 13.0. The van der Waals surface area contributed by atoms with Crippen LogP contribution in [0.5, 0.6) is 0 Å². The number of piperidine rings is 1. The first-order valence-corrected chi connectivity index (χ1v) is 10.7. The van der Waals surface area contributed by atoms with Gasteiger partial charge >= 0.3 is 12.1 Å². The number of hydrogen-bond donors (Lipinski definition) is 2. The average Bonchev–Trinajstić information content (AvgIpc) is 3.13. The van der Waals surface area contributed by atoms with Crippen LogP contribution in [0.2, 0.25) is 0 Å². The van der Waals surface area contributed by atoms with Crippen LogP contribution in [-0.4, -0.2) is 76.1 Å². The molecular weight excluding hydrogens is 390 g/mol. The number of carbonyl (C=O) groups is 4. The third-order valence-electron chi connectivity index (χ3n) is 5.58. The Bertz CT molecular complexity index is 664. The van der Waals surface area contributed by atoms with Gasteiger partial charge in [0.2, 0.25) is 11.8 Å². The van der Waals surface area contributed by atoms with Crippen LogP contribution in [0.1, 0.15) is 60.3 Å². The minimum Gasteiger partial charge on any atom is -0.480 e. The Balaban J connectivity index is 1.93. The van der Waals surface area contributed by atoms with E-state index in [0.717, 1.165) is 0 Å². The van der Waals surface area contributed by atoms with Gasteiger partial charge in [-0.05, 0) is 52.4 Å². The smallest absolute Gasteiger partial charge is 0.408 e. The van der Waals surface area contributed by atoms with Gasteiger partial charge in [-0.15, -0.1) is 0 Å². The molecule has 0 aromatic rings. The molecule has 0 aromatic heterocycles. The van der Waals surface area contributed by atoms with Gasteiger partial charge in [-0.3, -0.25) is 9.59 Å². The first kappa shape index (κ1) is 24.0. The molecule has 2 atom stereocenters. The second kappa shape index (κ2) is 9.66. The van der Waals surface area contributed by atoms with E-state index in [-0.39, 0.29) is 23.7 Å². The fraction of sp³-hybridized carbons (Fsp3) is 0.810. The summed E-state index contributed by atoms with van der Waals surface area (Å²) in [6, 6.07) is -1.44. The summed E-state index contributed by atoms with van der Waals surface area (Å²) in [4.78, 5) is 52.4. The average molecular weight is 426 g/mol. The number of nitrogens with one attached hydrogen (secondary N) is 1. The van der Waals surface area contributed by atoms with Crippen LogP contribution >= 0.6 is 0 Å². The van der Waals surface area contributed by atoms with Gasteiger partial charge in [0.25, 0.3) is 0 Å². The van der Waals surface area contributed by atoms with E-state index in [1.807, 2.05) is 13.8 Å². The van der Waals surface area contributed by atoms with Gasteiger partial charge in [0.05, 0.1) is 0 Å². The number of rotatable bonds is 5. The van der Waals surface area contributed by atoms with Crippen molar-refractivity contribution in [1.29, 1.82) is 0 Å². The van der Waals surface area contributed by atoms with Gasteiger partial charge in [0, 0.05) is 25.6 Å². The second-order valence-corrected chi connectivity index (χ2v) is 9.50. The summed E-state index contributed by atoms with van der Waals surface area (Å²) in [6.07, 6.45) is 1.54. The number of alkyl carbamates (subject to hydrolysis) is 1. The number of carboxylic acids is 1. The summed E-state index contributed by atoms with van der Waals surface area (Å²) in [7, 11) is 0. The fourth-order valence-corrected chi connectivity index (χ4v) is 4.01. The molecule has 170 valence electrons. The molecule has 2 unspecified atom stereocenters. The summed E-state index contributed by atoms with van der Waals surface area (Å²) in [5, 5.41) is 12.0. The van der Waals surface area contributed by atoms with Crippen LogP contribution < -0.4 is 5.32 Å². The highest BCUT2D eigenvalue weighted by Crippen LogP contribution is 2.26. The topological polar surface area (TPSA) is 116 Å². The molecule has 0 spiro atoms. The third kappa shape index (κ3) is 6.09. The molecular formula is C21H35N3O6. The predicted octanol–water partition coefficient (Wildman–Crippen LogP) is 1.85. The summed E-state index contributed by atoms with van der Waals surface area (Å²) < 4.78 is 5.27. The van der Waals surface area contributed by atoms with Crippen LogP contribution in [0.3, 0.4) is 0 Å². The highest BCUT2D eigenvalue weighted by Gasteiger charge is 2.39. The largest absolute Gasteiger partial charge is 0.480 e. The normalized spacial score (nSPS) is 21.5. The maximum Gasteiger partial charge on any atom is 0.408 e. The standard InChI is InChI=1S/C21H35N3O6/c1-13(2)16(22-20(29)30-21(3,4)5)18(26)23-11-8-14(9-12-23)17(25)24-10-6-7-15(24)19(27)28/h13-16H,6-12H2,1-5H3,(H,22,29)(H,27,28). The van der Waals surface area contributed by atoms with Crippen LogP contribution in [0.15, 0.2) is 0 Å². The van der Waals surface area contributed by atoms with Gasteiger partial charge in [-0.1, -0.05) is 13.8 Å². The Labute approximate surface area is 178 Å². The number of hydrogen-bond acceptors (Lipinski definition) is 5. The Morgan fingerprint density at radius 2 is 1.63 bits per heavy atom. The zero-order valence-corrected chi connectivity index (χ0v) is 18.6. The van der Waals surface area contributed by atoms with Crippen LogP contribution in [0.25, 0.3) is 0 Å². The molecule has 0 saturated carbocycles. The minimum absolute atomic E-state index is 0.120. The van der Waals surface area contributed by atoms with E-state index >= 15 is 0 Å². The van der Waals surface area contributed by atoms with Crippen LogP contribution in [0.4, 0.5) is 4.79 Å². The fourth-order valence-electron chi connectivity index (χ4n) is 4.01.